The second-order valence-corrected chi connectivity index (χ2v) is 3.37. The molecule has 0 aliphatic heterocycles. The number of nitrogens with zero attached hydrogens (tertiary/aromatic N) is 2. The van der Waals surface area contributed by atoms with Gasteiger partial charge in [0.2, 0.25) is 0 Å². The molecule has 2 aromatic heterocycles. The van der Waals surface area contributed by atoms with E-state index in [-0.39, 0.29) is 0 Å². The maximum atomic E-state index is 12.2. The topological polar surface area (TPSA) is 41.7 Å². The van der Waals surface area contributed by atoms with Crippen molar-refractivity contribution in [2.45, 2.75) is 12.7 Å². The number of nitrogens with one attached hydrogen (secondary N) is 1. The first-order valence-electron chi connectivity index (χ1n) is 4.52. The summed E-state index contributed by atoms with van der Waals surface area (Å²) in [4.78, 5) is 3.86. The molecule has 0 bridgehead atoms. The largest absolute Gasteiger partial charge is 0.406 e. The van der Waals surface area contributed by atoms with E-state index >= 15 is 0 Å². The lowest BCUT2D eigenvalue weighted by molar-refractivity contribution is -0.139. The van der Waals surface area contributed by atoms with Crippen molar-refractivity contribution >= 4 is 17.1 Å². The SMILES string of the molecule is N=Cc1cc2ccn(CC(F)(F)F)c2cn1. The van der Waals surface area contributed by atoms with E-state index in [9.17, 15) is 13.2 Å². The monoisotopic (exact) mass is 227 g/mol. The first kappa shape index (κ1) is 10.7. The van der Waals surface area contributed by atoms with Crippen LogP contribution in [0.1, 0.15) is 5.69 Å². The second kappa shape index (κ2) is 3.62. The van der Waals surface area contributed by atoms with Gasteiger partial charge < -0.3 is 9.98 Å². The summed E-state index contributed by atoms with van der Waals surface area (Å²) in [6.07, 6.45) is -0.471. The van der Waals surface area contributed by atoms with E-state index in [0.29, 0.717) is 16.6 Å². The summed E-state index contributed by atoms with van der Waals surface area (Å²) >= 11 is 0. The minimum atomic E-state index is -4.24. The van der Waals surface area contributed by atoms with Gasteiger partial charge in [-0.15, -0.1) is 0 Å². The quantitative estimate of drug-likeness (QED) is 0.787. The van der Waals surface area contributed by atoms with Crippen molar-refractivity contribution in [1.29, 1.82) is 5.41 Å². The zero-order valence-corrected chi connectivity index (χ0v) is 8.12. The summed E-state index contributed by atoms with van der Waals surface area (Å²) in [6.45, 7) is -1.03. The van der Waals surface area contributed by atoms with Crippen LogP contribution in [0, 0.1) is 5.41 Å². The van der Waals surface area contributed by atoms with Crippen LogP contribution in [-0.4, -0.2) is 21.9 Å². The standard InChI is InChI=1S/C10H8F3N3/c11-10(12,13)6-16-2-1-7-3-8(4-14)15-5-9(7)16/h1-5,14H,6H2. The second-order valence-electron chi connectivity index (χ2n) is 3.37. The summed E-state index contributed by atoms with van der Waals surface area (Å²) in [5.74, 6) is 0. The van der Waals surface area contributed by atoms with Gasteiger partial charge >= 0.3 is 6.18 Å². The van der Waals surface area contributed by atoms with E-state index in [4.69, 9.17) is 5.41 Å². The van der Waals surface area contributed by atoms with Crippen molar-refractivity contribution in [3.63, 3.8) is 0 Å². The molecule has 0 aliphatic carbocycles. The van der Waals surface area contributed by atoms with E-state index in [0.717, 1.165) is 10.8 Å². The van der Waals surface area contributed by atoms with Crippen LogP contribution in [0.2, 0.25) is 0 Å². The maximum Gasteiger partial charge on any atom is 0.406 e. The highest BCUT2D eigenvalue weighted by Crippen LogP contribution is 2.22. The van der Waals surface area contributed by atoms with E-state index in [1.165, 1.54) is 12.4 Å². The molecule has 0 saturated carbocycles. The van der Waals surface area contributed by atoms with Crippen LogP contribution in [0.5, 0.6) is 0 Å². The van der Waals surface area contributed by atoms with Crippen LogP contribution in [-0.2, 0) is 6.54 Å². The van der Waals surface area contributed by atoms with Crippen LogP contribution in [0.3, 0.4) is 0 Å². The molecule has 1 N–H and O–H groups in total. The molecule has 6 heteroatoms. The molecular weight excluding hydrogens is 219 g/mol. The molecule has 0 spiro atoms. The Labute approximate surface area is 89.0 Å². The summed E-state index contributed by atoms with van der Waals surface area (Å²) in [6, 6.07) is 3.16. The van der Waals surface area contributed by atoms with Gasteiger partial charge in [-0.2, -0.15) is 13.2 Å². The van der Waals surface area contributed by atoms with Gasteiger partial charge in [-0.3, -0.25) is 4.98 Å². The third-order valence-electron chi connectivity index (χ3n) is 2.18. The Balaban J connectivity index is 2.45. The average molecular weight is 227 g/mol. The van der Waals surface area contributed by atoms with Gasteiger partial charge in [0, 0.05) is 17.8 Å². The molecule has 3 nitrogen and oxygen atoms in total. The number of fused-ring (bicyclic) bond motifs is 1. The molecule has 0 unspecified atom stereocenters. The number of aromatic nitrogens is 2. The smallest absolute Gasteiger partial charge is 0.337 e. The van der Waals surface area contributed by atoms with Crippen molar-refractivity contribution in [2.75, 3.05) is 0 Å². The van der Waals surface area contributed by atoms with Gasteiger partial charge in [0.1, 0.15) is 6.54 Å². The minimum absolute atomic E-state index is 0.419. The number of pyridine rings is 1. The molecule has 0 fully saturated rings. The highest BCUT2D eigenvalue weighted by atomic mass is 19.4. The van der Waals surface area contributed by atoms with Crippen LogP contribution in [0.15, 0.2) is 24.5 Å². The summed E-state index contributed by atoms with van der Waals surface area (Å²) in [5, 5.41) is 7.65. The Hall–Kier alpha value is -1.85. The Morgan fingerprint density at radius 3 is 2.81 bits per heavy atom. The predicted molar refractivity (Wildman–Crippen MR) is 53.7 cm³/mol. The molecule has 0 aromatic carbocycles. The maximum absolute atomic E-state index is 12.2. The zero-order chi connectivity index (χ0) is 11.8. The van der Waals surface area contributed by atoms with Crippen LogP contribution in [0.4, 0.5) is 13.2 Å². The van der Waals surface area contributed by atoms with Gasteiger partial charge in [-0.25, -0.2) is 0 Å². The third kappa shape index (κ3) is 2.05. The molecular formula is C10H8F3N3. The Morgan fingerprint density at radius 1 is 1.44 bits per heavy atom. The zero-order valence-electron chi connectivity index (χ0n) is 8.12. The highest BCUT2D eigenvalue weighted by Gasteiger charge is 2.28. The molecule has 2 aromatic rings. The highest BCUT2D eigenvalue weighted by molar-refractivity contribution is 5.85. The summed E-state index contributed by atoms with van der Waals surface area (Å²) in [5.41, 5.74) is 0.847. The predicted octanol–water partition coefficient (Wildman–Crippen LogP) is 2.60. The molecule has 0 aliphatic rings. The van der Waals surface area contributed by atoms with Crippen molar-refractivity contribution in [3.8, 4) is 0 Å². The molecule has 0 amide bonds. The van der Waals surface area contributed by atoms with Crippen molar-refractivity contribution in [2.24, 2.45) is 0 Å². The lowest BCUT2D eigenvalue weighted by Gasteiger charge is -2.08. The Kier molecular flexibility index (Phi) is 2.41. The van der Waals surface area contributed by atoms with Crippen LogP contribution in [0.25, 0.3) is 10.9 Å². The Bertz CT molecular complexity index is 528. The Morgan fingerprint density at radius 2 is 2.19 bits per heavy atom. The van der Waals surface area contributed by atoms with Crippen LogP contribution >= 0.6 is 0 Å². The number of hydrogen-bond donors (Lipinski definition) is 1. The number of rotatable bonds is 2. The minimum Gasteiger partial charge on any atom is -0.337 e. The number of halogens is 3. The number of alkyl halides is 3. The molecule has 0 atom stereocenters. The van der Waals surface area contributed by atoms with Crippen LogP contribution < -0.4 is 0 Å². The van der Waals surface area contributed by atoms with Gasteiger partial charge in [-0.1, -0.05) is 0 Å². The molecule has 0 radical (unpaired) electrons. The van der Waals surface area contributed by atoms with E-state index in [1.54, 1.807) is 12.1 Å². The molecule has 16 heavy (non-hydrogen) atoms. The molecule has 2 heterocycles. The lowest BCUT2D eigenvalue weighted by Crippen LogP contribution is -2.16. The van der Waals surface area contributed by atoms with Crippen molar-refractivity contribution in [3.05, 3.63) is 30.2 Å². The normalized spacial score (nSPS) is 11.9. The van der Waals surface area contributed by atoms with Gasteiger partial charge in [0.05, 0.1) is 17.4 Å². The third-order valence-corrected chi connectivity index (χ3v) is 2.18. The fourth-order valence-electron chi connectivity index (χ4n) is 1.51. The fraction of sp³-hybridized carbons (Fsp3) is 0.200. The van der Waals surface area contributed by atoms with Gasteiger partial charge in [0.15, 0.2) is 0 Å². The number of hydrogen-bond acceptors (Lipinski definition) is 2. The molecule has 2 rings (SSSR count). The average Bonchev–Trinajstić information content (AvgIpc) is 2.58. The van der Waals surface area contributed by atoms with E-state index in [2.05, 4.69) is 4.98 Å². The van der Waals surface area contributed by atoms with Gasteiger partial charge in [-0.05, 0) is 12.1 Å². The van der Waals surface area contributed by atoms with Crippen molar-refractivity contribution < 1.29 is 13.2 Å². The fourth-order valence-corrected chi connectivity index (χ4v) is 1.51. The first-order valence-corrected chi connectivity index (χ1v) is 4.52. The van der Waals surface area contributed by atoms with Crippen molar-refractivity contribution in [1.82, 2.24) is 9.55 Å². The first-order chi connectivity index (χ1) is 7.49. The summed E-state index contributed by atoms with van der Waals surface area (Å²) < 4.78 is 37.7. The van der Waals surface area contributed by atoms with E-state index in [1.807, 2.05) is 0 Å². The molecule has 84 valence electrons. The van der Waals surface area contributed by atoms with E-state index < -0.39 is 12.7 Å². The molecule has 0 saturated heterocycles. The van der Waals surface area contributed by atoms with Gasteiger partial charge in [0.25, 0.3) is 0 Å². The lowest BCUT2D eigenvalue weighted by atomic mass is 10.3. The summed E-state index contributed by atoms with van der Waals surface area (Å²) in [7, 11) is 0.